The zero-order valence-electron chi connectivity index (χ0n) is 12.2. The molecular weight excluding hydrogens is 236 g/mol. The zero-order valence-corrected chi connectivity index (χ0v) is 12.2. The molecule has 0 aliphatic carbocycles. The molecule has 1 saturated heterocycles. The van der Waals surface area contributed by atoms with Gasteiger partial charge in [-0.3, -0.25) is 0 Å². The van der Waals surface area contributed by atoms with E-state index in [1.807, 2.05) is 4.90 Å². The average Bonchev–Trinajstić information content (AvgIpc) is 2.90. The molecule has 3 nitrogen and oxygen atoms in total. The number of nitrogens with zero attached hydrogens (tertiary/aromatic N) is 1. The van der Waals surface area contributed by atoms with Crippen molar-refractivity contribution in [2.24, 2.45) is 0 Å². The first-order chi connectivity index (χ1) is 9.00. The molecule has 1 aromatic carbocycles. The molecule has 3 heteroatoms. The van der Waals surface area contributed by atoms with Gasteiger partial charge in [0.15, 0.2) is 0 Å². The first-order valence-corrected chi connectivity index (χ1v) is 7.09. The van der Waals surface area contributed by atoms with Gasteiger partial charge in [0.2, 0.25) is 0 Å². The van der Waals surface area contributed by atoms with E-state index in [0.29, 0.717) is 6.54 Å². The maximum absolute atomic E-state index is 12.0. The van der Waals surface area contributed by atoms with Gasteiger partial charge in [0.1, 0.15) is 0 Å². The lowest BCUT2D eigenvalue weighted by Crippen LogP contribution is -2.43. The van der Waals surface area contributed by atoms with Crippen molar-refractivity contribution in [2.75, 3.05) is 19.6 Å². The van der Waals surface area contributed by atoms with E-state index in [-0.39, 0.29) is 11.4 Å². The van der Waals surface area contributed by atoms with Gasteiger partial charge < -0.3 is 10.2 Å². The van der Waals surface area contributed by atoms with Crippen molar-refractivity contribution in [3.8, 4) is 0 Å². The van der Waals surface area contributed by atoms with Crippen LogP contribution in [0.25, 0.3) is 0 Å². The lowest BCUT2D eigenvalue weighted by atomic mass is 9.82. The number of hydrogen-bond donors (Lipinski definition) is 1. The summed E-state index contributed by atoms with van der Waals surface area (Å²) in [6.07, 6.45) is 2.27. The molecule has 0 radical (unpaired) electrons. The number of urea groups is 1. The van der Waals surface area contributed by atoms with Crippen LogP contribution in [0.3, 0.4) is 0 Å². The summed E-state index contributed by atoms with van der Waals surface area (Å²) in [5.41, 5.74) is 2.54. The van der Waals surface area contributed by atoms with Crippen molar-refractivity contribution in [2.45, 2.75) is 39.0 Å². The highest BCUT2D eigenvalue weighted by Gasteiger charge is 2.25. The lowest BCUT2D eigenvalue weighted by Gasteiger charge is -2.28. The maximum Gasteiger partial charge on any atom is 0.317 e. The second-order valence-electron chi connectivity index (χ2n) is 6.05. The summed E-state index contributed by atoms with van der Waals surface area (Å²) in [4.78, 5) is 13.9. The highest BCUT2D eigenvalue weighted by atomic mass is 16.2. The standard InChI is InChI=1S/C16H24N2O/c1-13-8-4-5-9-14(13)16(2,3)12-17-15(19)18-10-6-7-11-18/h4-5,8-9H,6-7,10-12H2,1-3H3,(H,17,19). The number of carbonyl (C=O) groups excluding carboxylic acids is 1. The first-order valence-electron chi connectivity index (χ1n) is 7.09. The van der Waals surface area contributed by atoms with Crippen LogP contribution in [-0.4, -0.2) is 30.6 Å². The van der Waals surface area contributed by atoms with E-state index in [4.69, 9.17) is 0 Å². The van der Waals surface area contributed by atoms with Gasteiger partial charge >= 0.3 is 6.03 Å². The van der Waals surface area contributed by atoms with Gasteiger partial charge in [-0.25, -0.2) is 4.79 Å². The fraction of sp³-hybridized carbons (Fsp3) is 0.562. The number of benzene rings is 1. The van der Waals surface area contributed by atoms with Gasteiger partial charge in [-0.15, -0.1) is 0 Å². The second kappa shape index (κ2) is 5.64. The largest absolute Gasteiger partial charge is 0.337 e. The average molecular weight is 260 g/mol. The van der Waals surface area contributed by atoms with Crippen molar-refractivity contribution >= 4 is 6.03 Å². The third kappa shape index (κ3) is 3.28. The molecule has 1 fully saturated rings. The van der Waals surface area contributed by atoms with E-state index in [0.717, 1.165) is 25.9 Å². The molecule has 0 saturated carbocycles. The molecule has 0 bridgehead atoms. The van der Waals surface area contributed by atoms with E-state index in [2.05, 4.69) is 50.4 Å². The number of nitrogens with one attached hydrogen (secondary N) is 1. The summed E-state index contributed by atoms with van der Waals surface area (Å²) in [5, 5.41) is 3.08. The molecule has 0 spiro atoms. The highest BCUT2D eigenvalue weighted by Crippen LogP contribution is 2.25. The summed E-state index contributed by atoms with van der Waals surface area (Å²) < 4.78 is 0. The Hall–Kier alpha value is -1.51. The van der Waals surface area contributed by atoms with Crippen molar-refractivity contribution in [1.82, 2.24) is 10.2 Å². The van der Waals surface area contributed by atoms with E-state index in [9.17, 15) is 4.79 Å². The second-order valence-corrected chi connectivity index (χ2v) is 6.05. The minimum absolute atomic E-state index is 0.0409. The predicted octanol–water partition coefficient (Wildman–Crippen LogP) is 3.08. The maximum atomic E-state index is 12.0. The normalized spacial score (nSPS) is 15.6. The molecule has 0 aromatic heterocycles. The summed E-state index contributed by atoms with van der Waals surface area (Å²) in [5.74, 6) is 0. The molecule has 1 heterocycles. The van der Waals surface area contributed by atoms with Crippen LogP contribution in [0.1, 0.15) is 37.8 Å². The van der Waals surface area contributed by atoms with Crippen LogP contribution < -0.4 is 5.32 Å². The summed E-state index contributed by atoms with van der Waals surface area (Å²) in [7, 11) is 0. The van der Waals surface area contributed by atoms with Gasteiger partial charge in [-0.2, -0.15) is 0 Å². The molecule has 1 aliphatic rings. The van der Waals surface area contributed by atoms with Gasteiger partial charge in [0, 0.05) is 25.0 Å². The Balaban J connectivity index is 1.97. The van der Waals surface area contributed by atoms with Crippen LogP contribution in [0, 0.1) is 6.92 Å². The first kappa shape index (κ1) is 13.9. The summed E-state index contributed by atoms with van der Waals surface area (Å²) in [6.45, 7) is 8.96. The molecule has 2 rings (SSSR count). The van der Waals surface area contributed by atoms with E-state index in [1.165, 1.54) is 11.1 Å². The highest BCUT2D eigenvalue weighted by molar-refractivity contribution is 5.74. The summed E-state index contributed by atoms with van der Waals surface area (Å²) >= 11 is 0. The Labute approximate surface area is 116 Å². The molecule has 1 aliphatic heterocycles. The van der Waals surface area contributed by atoms with Crippen LogP contribution in [-0.2, 0) is 5.41 Å². The fourth-order valence-corrected chi connectivity index (χ4v) is 2.76. The molecule has 0 unspecified atom stereocenters. The van der Waals surface area contributed by atoms with Gasteiger partial charge in [-0.05, 0) is 30.9 Å². The third-order valence-electron chi connectivity index (χ3n) is 3.95. The predicted molar refractivity (Wildman–Crippen MR) is 78.4 cm³/mol. The van der Waals surface area contributed by atoms with Crippen LogP contribution >= 0.6 is 0 Å². The molecule has 104 valence electrons. The van der Waals surface area contributed by atoms with Crippen molar-refractivity contribution in [1.29, 1.82) is 0 Å². The Bertz CT molecular complexity index is 448. The Morgan fingerprint density at radius 2 is 1.89 bits per heavy atom. The van der Waals surface area contributed by atoms with Gasteiger partial charge in [0.25, 0.3) is 0 Å². The van der Waals surface area contributed by atoms with E-state index < -0.39 is 0 Å². The van der Waals surface area contributed by atoms with Gasteiger partial charge in [-0.1, -0.05) is 38.1 Å². The molecule has 0 atom stereocenters. The monoisotopic (exact) mass is 260 g/mol. The van der Waals surface area contributed by atoms with Crippen LogP contribution in [0.2, 0.25) is 0 Å². The number of aryl methyl sites for hydroxylation is 1. The topological polar surface area (TPSA) is 32.3 Å². The molecular formula is C16H24N2O. The van der Waals surface area contributed by atoms with E-state index >= 15 is 0 Å². The third-order valence-corrected chi connectivity index (χ3v) is 3.95. The molecule has 2 amide bonds. The number of likely N-dealkylation sites (tertiary alicyclic amines) is 1. The number of rotatable bonds is 3. The molecule has 1 N–H and O–H groups in total. The van der Waals surface area contributed by atoms with Crippen LogP contribution in [0.4, 0.5) is 4.79 Å². The minimum atomic E-state index is -0.0409. The summed E-state index contributed by atoms with van der Waals surface area (Å²) in [6, 6.07) is 8.47. The van der Waals surface area contributed by atoms with Gasteiger partial charge in [0.05, 0.1) is 0 Å². The van der Waals surface area contributed by atoms with Crippen molar-refractivity contribution in [3.05, 3.63) is 35.4 Å². The number of amides is 2. The quantitative estimate of drug-likeness (QED) is 0.890. The van der Waals surface area contributed by atoms with Crippen molar-refractivity contribution < 1.29 is 4.79 Å². The zero-order chi connectivity index (χ0) is 13.9. The lowest BCUT2D eigenvalue weighted by molar-refractivity contribution is 0.206. The van der Waals surface area contributed by atoms with Crippen LogP contribution in [0.15, 0.2) is 24.3 Å². The van der Waals surface area contributed by atoms with E-state index in [1.54, 1.807) is 0 Å². The Kier molecular flexibility index (Phi) is 4.13. The minimum Gasteiger partial charge on any atom is -0.337 e. The SMILES string of the molecule is Cc1ccccc1C(C)(C)CNC(=O)N1CCCC1. The Morgan fingerprint density at radius 3 is 2.53 bits per heavy atom. The number of hydrogen-bond acceptors (Lipinski definition) is 1. The number of carbonyl (C=O) groups is 1. The molecule has 1 aromatic rings. The smallest absolute Gasteiger partial charge is 0.317 e. The fourth-order valence-electron chi connectivity index (χ4n) is 2.76. The Morgan fingerprint density at radius 1 is 1.26 bits per heavy atom. The van der Waals surface area contributed by atoms with Crippen LogP contribution in [0.5, 0.6) is 0 Å². The molecule has 19 heavy (non-hydrogen) atoms. The van der Waals surface area contributed by atoms with Crippen molar-refractivity contribution in [3.63, 3.8) is 0 Å².